The average Bonchev–Trinajstić information content (AvgIpc) is 2.84. The molecule has 5 nitrogen and oxygen atoms in total. The highest BCUT2D eigenvalue weighted by atomic mass is 15.2. The van der Waals surface area contributed by atoms with E-state index >= 15 is 0 Å². The van der Waals surface area contributed by atoms with Gasteiger partial charge in [-0.15, -0.1) is 0 Å². The molecule has 1 aromatic carbocycles. The van der Waals surface area contributed by atoms with Gasteiger partial charge in [0.25, 0.3) is 0 Å². The smallest absolute Gasteiger partial charge is 0.145 e. The van der Waals surface area contributed by atoms with E-state index in [1.165, 1.54) is 6.33 Å². The summed E-state index contributed by atoms with van der Waals surface area (Å²) in [5, 5.41) is 10.1. The van der Waals surface area contributed by atoms with Gasteiger partial charge < -0.3 is 9.47 Å². The third kappa shape index (κ3) is 1.88. The molecule has 0 bridgehead atoms. The lowest BCUT2D eigenvalue weighted by Crippen LogP contribution is -2.11. The van der Waals surface area contributed by atoms with Crippen LogP contribution in [-0.2, 0) is 7.05 Å². The fourth-order valence-electron chi connectivity index (χ4n) is 2.30. The maximum atomic E-state index is 8.93. The summed E-state index contributed by atoms with van der Waals surface area (Å²) in [6.45, 7) is 0. The molecule has 0 spiro atoms. The van der Waals surface area contributed by atoms with Crippen molar-refractivity contribution in [3.63, 3.8) is 0 Å². The summed E-state index contributed by atoms with van der Waals surface area (Å²) in [5.41, 5.74) is 2.57. The summed E-state index contributed by atoms with van der Waals surface area (Å²) in [6.07, 6.45) is 3.47. The van der Waals surface area contributed by atoms with Gasteiger partial charge in [0.05, 0.1) is 5.69 Å². The van der Waals surface area contributed by atoms with Gasteiger partial charge in [-0.2, -0.15) is 5.26 Å². The summed E-state index contributed by atoms with van der Waals surface area (Å²) < 4.78 is 2.08. The monoisotopic (exact) mass is 263 g/mol. The second kappa shape index (κ2) is 4.67. The third-order valence-electron chi connectivity index (χ3n) is 3.35. The van der Waals surface area contributed by atoms with Gasteiger partial charge in [-0.1, -0.05) is 18.2 Å². The van der Waals surface area contributed by atoms with Crippen LogP contribution in [0.15, 0.2) is 42.9 Å². The van der Waals surface area contributed by atoms with E-state index in [9.17, 15) is 0 Å². The Kier molecular flexibility index (Phi) is 2.84. The van der Waals surface area contributed by atoms with Gasteiger partial charge in [0.1, 0.15) is 23.9 Å². The molecular formula is C15H13N5. The minimum absolute atomic E-state index is 0.363. The SMILES string of the molecule is CN(c1cc(C#N)ncn1)c1cn(C)c2ccccc12. The van der Waals surface area contributed by atoms with Crippen LogP contribution in [0.25, 0.3) is 10.9 Å². The minimum atomic E-state index is 0.363. The summed E-state index contributed by atoms with van der Waals surface area (Å²) in [4.78, 5) is 10.1. The van der Waals surface area contributed by atoms with Crippen LogP contribution in [0.4, 0.5) is 11.5 Å². The Labute approximate surface area is 116 Å². The van der Waals surface area contributed by atoms with Crippen LogP contribution in [0, 0.1) is 11.3 Å². The molecule has 0 aliphatic carbocycles. The Morgan fingerprint density at radius 1 is 1.25 bits per heavy atom. The van der Waals surface area contributed by atoms with Gasteiger partial charge in [-0.05, 0) is 6.07 Å². The molecule has 0 amide bonds. The first-order chi connectivity index (χ1) is 9.70. The zero-order valence-corrected chi connectivity index (χ0v) is 11.3. The van der Waals surface area contributed by atoms with Crippen molar-refractivity contribution in [1.29, 1.82) is 5.26 Å². The molecule has 0 saturated carbocycles. The number of rotatable bonds is 2. The van der Waals surface area contributed by atoms with Crippen molar-refractivity contribution in [2.24, 2.45) is 7.05 Å². The predicted molar refractivity (Wildman–Crippen MR) is 77.7 cm³/mol. The Morgan fingerprint density at radius 2 is 2.05 bits per heavy atom. The second-order valence-electron chi connectivity index (χ2n) is 4.57. The first-order valence-corrected chi connectivity index (χ1v) is 6.20. The number of aryl methyl sites for hydroxylation is 1. The molecule has 0 aliphatic rings. The molecule has 3 rings (SSSR count). The quantitative estimate of drug-likeness (QED) is 0.713. The zero-order valence-electron chi connectivity index (χ0n) is 11.3. The predicted octanol–water partition coefficient (Wildman–Crippen LogP) is 2.61. The van der Waals surface area contributed by atoms with Crippen molar-refractivity contribution < 1.29 is 0 Å². The Morgan fingerprint density at radius 3 is 2.85 bits per heavy atom. The number of hydrogen-bond donors (Lipinski definition) is 0. The van der Waals surface area contributed by atoms with E-state index in [-0.39, 0.29) is 0 Å². The highest BCUT2D eigenvalue weighted by molar-refractivity contribution is 5.95. The van der Waals surface area contributed by atoms with Crippen LogP contribution in [0.5, 0.6) is 0 Å². The number of fused-ring (bicyclic) bond motifs is 1. The van der Waals surface area contributed by atoms with E-state index in [1.54, 1.807) is 6.07 Å². The number of aromatic nitrogens is 3. The molecule has 3 aromatic rings. The standard InChI is InChI=1S/C15H13N5/c1-19-9-14(12-5-3-4-6-13(12)19)20(2)15-7-11(8-16)17-10-18-15/h3-7,9-10H,1-2H3. The molecule has 0 aliphatic heterocycles. The topological polar surface area (TPSA) is 57.7 Å². The molecule has 20 heavy (non-hydrogen) atoms. The van der Waals surface area contributed by atoms with Crippen LogP contribution in [0.1, 0.15) is 5.69 Å². The van der Waals surface area contributed by atoms with Crippen LogP contribution < -0.4 is 4.90 Å². The van der Waals surface area contributed by atoms with Crippen LogP contribution in [0.2, 0.25) is 0 Å². The fraction of sp³-hybridized carbons (Fsp3) is 0.133. The largest absolute Gasteiger partial charge is 0.348 e. The van der Waals surface area contributed by atoms with Gasteiger partial charge in [-0.3, -0.25) is 0 Å². The molecule has 2 aromatic heterocycles. The number of nitrogens with zero attached hydrogens (tertiary/aromatic N) is 5. The molecule has 5 heteroatoms. The second-order valence-corrected chi connectivity index (χ2v) is 4.57. The lowest BCUT2D eigenvalue weighted by atomic mass is 10.2. The van der Waals surface area contributed by atoms with Crippen molar-refractivity contribution >= 4 is 22.4 Å². The van der Waals surface area contributed by atoms with Crippen LogP contribution in [0.3, 0.4) is 0 Å². The fourth-order valence-corrected chi connectivity index (χ4v) is 2.30. The van der Waals surface area contributed by atoms with Gasteiger partial charge >= 0.3 is 0 Å². The molecule has 98 valence electrons. The molecular weight excluding hydrogens is 250 g/mol. The number of anilines is 2. The molecule has 0 unspecified atom stereocenters. The van der Waals surface area contributed by atoms with Crippen LogP contribution in [-0.4, -0.2) is 21.6 Å². The first-order valence-electron chi connectivity index (χ1n) is 6.20. The average molecular weight is 263 g/mol. The van der Waals surface area contributed by atoms with Crippen molar-refractivity contribution in [2.45, 2.75) is 0 Å². The van der Waals surface area contributed by atoms with Crippen molar-refractivity contribution in [3.05, 3.63) is 48.5 Å². The van der Waals surface area contributed by atoms with Crippen LogP contribution >= 0.6 is 0 Å². The van der Waals surface area contributed by atoms with Crippen molar-refractivity contribution in [3.8, 4) is 6.07 Å². The molecule has 0 saturated heterocycles. The van der Waals surface area contributed by atoms with Crippen molar-refractivity contribution in [2.75, 3.05) is 11.9 Å². The maximum absolute atomic E-state index is 8.93. The Hall–Kier alpha value is -2.87. The summed E-state index contributed by atoms with van der Waals surface area (Å²) >= 11 is 0. The molecule has 0 atom stereocenters. The first kappa shape index (κ1) is 12.2. The number of para-hydroxylation sites is 1. The van der Waals surface area contributed by atoms with E-state index in [4.69, 9.17) is 5.26 Å². The summed E-state index contributed by atoms with van der Waals surface area (Å²) in [7, 11) is 3.95. The molecule has 0 radical (unpaired) electrons. The third-order valence-corrected chi connectivity index (χ3v) is 3.35. The van der Waals surface area contributed by atoms with E-state index < -0.39 is 0 Å². The molecule has 0 fully saturated rings. The highest BCUT2D eigenvalue weighted by Gasteiger charge is 2.13. The van der Waals surface area contributed by atoms with Gasteiger partial charge in [0.2, 0.25) is 0 Å². The summed E-state index contributed by atoms with van der Waals surface area (Å²) in [5.74, 6) is 0.702. The minimum Gasteiger partial charge on any atom is -0.348 e. The molecule has 0 N–H and O–H groups in total. The van der Waals surface area contributed by atoms with E-state index in [0.717, 1.165) is 16.6 Å². The van der Waals surface area contributed by atoms with E-state index in [0.29, 0.717) is 11.5 Å². The van der Waals surface area contributed by atoms with Gasteiger partial charge in [-0.25, -0.2) is 9.97 Å². The summed E-state index contributed by atoms with van der Waals surface area (Å²) in [6, 6.07) is 11.9. The highest BCUT2D eigenvalue weighted by Crippen LogP contribution is 2.31. The number of nitriles is 1. The van der Waals surface area contributed by atoms with Crippen molar-refractivity contribution in [1.82, 2.24) is 14.5 Å². The molecule has 2 heterocycles. The van der Waals surface area contributed by atoms with E-state index in [1.807, 2.05) is 37.2 Å². The Bertz CT molecular complexity index is 812. The maximum Gasteiger partial charge on any atom is 0.145 e. The Balaban J connectivity index is 2.13. The zero-order chi connectivity index (χ0) is 14.1. The lowest BCUT2D eigenvalue weighted by molar-refractivity contribution is 0.962. The van der Waals surface area contributed by atoms with Gasteiger partial charge in [0, 0.05) is 37.3 Å². The normalized spacial score (nSPS) is 10.4. The lowest BCUT2D eigenvalue weighted by Gasteiger charge is -2.16. The number of benzene rings is 1. The van der Waals surface area contributed by atoms with E-state index in [2.05, 4.69) is 32.9 Å². The van der Waals surface area contributed by atoms with Gasteiger partial charge in [0.15, 0.2) is 0 Å². The number of hydrogen-bond acceptors (Lipinski definition) is 4.